The number of hydrogen-bond acceptors (Lipinski definition) is 7. The molecule has 2 rings (SSSR count). The molecule has 0 saturated carbocycles. The lowest BCUT2D eigenvalue weighted by molar-refractivity contribution is 0.185. The second-order valence-corrected chi connectivity index (χ2v) is 4.24. The van der Waals surface area contributed by atoms with E-state index >= 15 is 0 Å². The number of nitrogens with zero attached hydrogens (tertiary/aromatic N) is 2. The molecule has 0 spiro atoms. The van der Waals surface area contributed by atoms with Crippen LogP contribution in [0.2, 0.25) is 0 Å². The van der Waals surface area contributed by atoms with Gasteiger partial charge in [0.05, 0.1) is 19.3 Å². The van der Waals surface area contributed by atoms with Gasteiger partial charge in [0.1, 0.15) is 6.33 Å². The van der Waals surface area contributed by atoms with Crippen molar-refractivity contribution < 1.29 is 9.47 Å². The molecule has 2 heterocycles. The summed E-state index contributed by atoms with van der Waals surface area (Å²) < 4.78 is 10.6. The summed E-state index contributed by atoms with van der Waals surface area (Å²) in [4.78, 5) is 8.15. The molecule has 1 aromatic rings. The second-order valence-electron chi connectivity index (χ2n) is 4.24. The van der Waals surface area contributed by atoms with Crippen LogP contribution in [-0.2, 0) is 4.74 Å². The molecule has 94 valence electrons. The van der Waals surface area contributed by atoms with E-state index in [9.17, 15) is 0 Å². The van der Waals surface area contributed by atoms with Crippen LogP contribution in [0.4, 0.5) is 11.6 Å². The van der Waals surface area contributed by atoms with E-state index < -0.39 is 0 Å². The van der Waals surface area contributed by atoms with Gasteiger partial charge in [-0.05, 0) is 13.3 Å². The zero-order chi connectivity index (χ0) is 12.3. The largest absolute Gasteiger partial charge is 0.490 e. The standard InChI is InChI=1S/C10H17N5O2/c1-10(3-4-17-5-10)14-8-7(16-2)9(15-11)13-6-12-8/h6H,3-5,11H2,1-2H3,(H2,12,13,14,15). The monoisotopic (exact) mass is 239 g/mol. The van der Waals surface area contributed by atoms with E-state index in [1.807, 2.05) is 0 Å². The molecule has 0 amide bonds. The number of hydrazine groups is 1. The number of nitrogen functional groups attached to an aromatic ring is 1. The first kappa shape index (κ1) is 11.9. The van der Waals surface area contributed by atoms with Crippen LogP contribution in [-0.4, -0.2) is 35.8 Å². The highest BCUT2D eigenvalue weighted by Gasteiger charge is 2.31. The summed E-state index contributed by atoms with van der Waals surface area (Å²) in [5.74, 6) is 6.93. The van der Waals surface area contributed by atoms with E-state index in [-0.39, 0.29) is 5.54 Å². The highest BCUT2D eigenvalue weighted by molar-refractivity contribution is 5.63. The van der Waals surface area contributed by atoms with Crippen LogP contribution < -0.4 is 21.3 Å². The van der Waals surface area contributed by atoms with Crippen molar-refractivity contribution in [3.63, 3.8) is 0 Å². The van der Waals surface area contributed by atoms with Crippen LogP contribution in [0.25, 0.3) is 0 Å². The van der Waals surface area contributed by atoms with E-state index in [0.29, 0.717) is 24.0 Å². The highest BCUT2D eigenvalue weighted by atomic mass is 16.5. The minimum Gasteiger partial charge on any atom is -0.490 e. The lowest BCUT2D eigenvalue weighted by Gasteiger charge is -2.25. The summed E-state index contributed by atoms with van der Waals surface area (Å²) >= 11 is 0. The Morgan fingerprint density at radius 2 is 2.24 bits per heavy atom. The summed E-state index contributed by atoms with van der Waals surface area (Å²) in [6, 6.07) is 0. The fourth-order valence-electron chi connectivity index (χ4n) is 1.81. The summed E-state index contributed by atoms with van der Waals surface area (Å²) in [7, 11) is 1.55. The third-order valence-corrected chi connectivity index (χ3v) is 2.78. The summed E-state index contributed by atoms with van der Waals surface area (Å²) in [5, 5.41) is 3.31. The molecule has 7 nitrogen and oxygen atoms in total. The van der Waals surface area contributed by atoms with Crippen molar-refractivity contribution in [2.45, 2.75) is 18.9 Å². The van der Waals surface area contributed by atoms with Crippen molar-refractivity contribution in [2.24, 2.45) is 5.84 Å². The maximum atomic E-state index is 5.38. The summed E-state index contributed by atoms with van der Waals surface area (Å²) in [5.41, 5.74) is 2.35. The molecule has 4 N–H and O–H groups in total. The number of nitrogens with one attached hydrogen (secondary N) is 2. The Kier molecular flexibility index (Phi) is 3.30. The van der Waals surface area contributed by atoms with Gasteiger partial charge < -0.3 is 20.2 Å². The second kappa shape index (κ2) is 4.72. The van der Waals surface area contributed by atoms with Gasteiger partial charge in [-0.3, -0.25) is 0 Å². The molecule has 1 saturated heterocycles. The number of methoxy groups -OCH3 is 1. The summed E-state index contributed by atoms with van der Waals surface area (Å²) in [6.07, 6.45) is 2.35. The maximum Gasteiger partial charge on any atom is 0.205 e. The fraction of sp³-hybridized carbons (Fsp3) is 0.600. The van der Waals surface area contributed by atoms with Gasteiger partial charge in [0.2, 0.25) is 5.75 Å². The number of ether oxygens (including phenoxy) is 2. The minimum atomic E-state index is -0.131. The Hall–Kier alpha value is -1.60. The van der Waals surface area contributed by atoms with Crippen LogP contribution in [0.5, 0.6) is 5.75 Å². The molecule has 1 aromatic heterocycles. The van der Waals surface area contributed by atoms with Gasteiger partial charge in [-0.2, -0.15) is 0 Å². The lowest BCUT2D eigenvalue weighted by atomic mass is 10.0. The minimum absolute atomic E-state index is 0.131. The molecule has 1 atom stereocenters. The topological polar surface area (TPSA) is 94.3 Å². The van der Waals surface area contributed by atoms with Gasteiger partial charge in [-0.25, -0.2) is 15.8 Å². The number of aromatic nitrogens is 2. The van der Waals surface area contributed by atoms with Crippen LogP contribution in [0, 0.1) is 0 Å². The molecule has 0 radical (unpaired) electrons. The van der Waals surface area contributed by atoms with E-state index in [4.69, 9.17) is 15.3 Å². The quantitative estimate of drug-likeness (QED) is 0.516. The van der Waals surface area contributed by atoms with Crippen LogP contribution in [0.3, 0.4) is 0 Å². The van der Waals surface area contributed by atoms with Crippen molar-refractivity contribution in [1.82, 2.24) is 9.97 Å². The number of rotatable bonds is 4. The Bertz CT molecular complexity index is 392. The average molecular weight is 239 g/mol. The van der Waals surface area contributed by atoms with E-state index in [1.54, 1.807) is 7.11 Å². The van der Waals surface area contributed by atoms with Gasteiger partial charge >= 0.3 is 0 Å². The normalized spacial score (nSPS) is 23.5. The van der Waals surface area contributed by atoms with Gasteiger partial charge in [0.25, 0.3) is 0 Å². The Morgan fingerprint density at radius 3 is 2.82 bits per heavy atom. The highest BCUT2D eigenvalue weighted by Crippen LogP contribution is 2.32. The molecule has 1 aliphatic rings. The lowest BCUT2D eigenvalue weighted by Crippen LogP contribution is -2.35. The van der Waals surface area contributed by atoms with Gasteiger partial charge in [0.15, 0.2) is 11.6 Å². The van der Waals surface area contributed by atoms with Crippen molar-refractivity contribution in [3.05, 3.63) is 6.33 Å². The predicted molar refractivity (Wildman–Crippen MR) is 63.9 cm³/mol. The smallest absolute Gasteiger partial charge is 0.205 e. The number of anilines is 2. The maximum absolute atomic E-state index is 5.38. The Morgan fingerprint density at radius 1 is 1.47 bits per heavy atom. The van der Waals surface area contributed by atoms with E-state index in [1.165, 1.54) is 6.33 Å². The molecule has 0 bridgehead atoms. The number of hydrogen-bond donors (Lipinski definition) is 3. The fourth-order valence-corrected chi connectivity index (χ4v) is 1.81. The SMILES string of the molecule is COc1c(NN)ncnc1NC1(C)CCOC1. The molecule has 0 aliphatic carbocycles. The van der Waals surface area contributed by atoms with Crippen molar-refractivity contribution in [3.8, 4) is 5.75 Å². The van der Waals surface area contributed by atoms with Crippen molar-refractivity contribution >= 4 is 11.6 Å². The summed E-state index contributed by atoms with van der Waals surface area (Å²) in [6.45, 7) is 3.47. The van der Waals surface area contributed by atoms with Crippen LogP contribution in [0.1, 0.15) is 13.3 Å². The molecular formula is C10H17N5O2. The molecule has 1 unspecified atom stereocenters. The zero-order valence-electron chi connectivity index (χ0n) is 9.99. The Labute approximate surface area is 99.7 Å². The predicted octanol–water partition coefficient (Wildman–Crippen LogP) is 0.362. The van der Waals surface area contributed by atoms with E-state index in [0.717, 1.165) is 13.0 Å². The van der Waals surface area contributed by atoms with Gasteiger partial charge in [-0.15, -0.1) is 0 Å². The van der Waals surface area contributed by atoms with Crippen LogP contribution >= 0.6 is 0 Å². The van der Waals surface area contributed by atoms with Crippen molar-refractivity contribution in [2.75, 3.05) is 31.1 Å². The van der Waals surface area contributed by atoms with Gasteiger partial charge in [0, 0.05) is 6.61 Å². The molecule has 7 heteroatoms. The molecule has 17 heavy (non-hydrogen) atoms. The van der Waals surface area contributed by atoms with Gasteiger partial charge in [-0.1, -0.05) is 0 Å². The number of nitrogens with two attached hydrogens (primary N) is 1. The third-order valence-electron chi connectivity index (χ3n) is 2.78. The zero-order valence-corrected chi connectivity index (χ0v) is 9.99. The van der Waals surface area contributed by atoms with E-state index in [2.05, 4.69) is 27.6 Å². The van der Waals surface area contributed by atoms with Crippen LogP contribution in [0.15, 0.2) is 6.33 Å². The first-order chi connectivity index (χ1) is 8.18. The molecule has 1 aliphatic heterocycles. The molecular weight excluding hydrogens is 222 g/mol. The first-order valence-electron chi connectivity index (χ1n) is 5.40. The van der Waals surface area contributed by atoms with Crippen molar-refractivity contribution in [1.29, 1.82) is 0 Å². The first-order valence-corrected chi connectivity index (χ1v) is 5.40. The Balaban J connectivity index is 2.25. The third kappa shape index (κ3) is 2.40. The molecule has 0 aromatic carbocycles. The average Bonchev–Trinajstić information content (AvgIpc) is 2.75. The molecule has 1 fully saturated rings.